The summed E-state index contributed by atoms with van der Waals surface area (Å²) in [6, 6.07) is 0. The summed E-state index contributed by atoms with van der Waals surface area (Å²) in [6.07, 6.45) is 3.35. The van der Waals surface area contributed by atoms with E-state index in [-0.39, 0.29) is 6.10 Å². The van der Waals surface area contributed by atoms with Crippen molar-refractivity contribution in [2.45, 2.75) is 31.8 Å². The van der Waals surface area contributed by atoms with Crippen LogP contribution < -0.4 is 0 Å². The van der Waals surface area contributed by atoms with Gasteiger partial charge in [-0.3, -0.25) is 4.79 Å². The Bertz CT molecular complexity index is 171. The smallest absolute Gasteiger partial charge is 0.133 e. The first-order chi connectivity index (χ1) is 7.33. The Hall–Kier alpha value is -0.450. The van der Waals surface area contributed by atoms with Crippen LogP contribution in [0.2, 0.25) is 0 Å². The third kappa shape index (κ3) is 5.87. The highest BCUT2D eigenvalue weighted by Gasteiger charge is 2.18. The molecule has 1 aliphatic carbocycles. The lowest BCUT2D eigenvalue weighted by molar-refractivity contribution is -0.123. The second-order valence-corrected chi connectivity index (χ2v) is 3.71. The van der Waals surface area contributed by atoms with Gasteiger partial charge in [-0.15, -0.1) is 0 Å². The predicted molar refractivity (Wildman–Crippen MR) is 55.9 cm³/mol. The van der Waals surface area contributed by atoms with Crippen LogP contribution in [0, 0.1) is 0 Å². The van der Waals surface area contributed by atoms with Gasteiger partial charge in [-0.1, -0.05) is 0 Å². The fourth-order valence-corrected chi connectivity index (χ4v) is 1.60. The minimum atomic E-state index is 0.258. The molecule has 1 aliphatic rings. The molecule has 15 heavy (non-hydrogen) atoms. The van der Waals surface area contributed by atoms with Gasteiger partial charge in [-0.2, -0.15) is 0 Å². The summed E-state index contributed by atoms with van der Waals surface area (Å²) in [5, 5.41) is 0. The van der Waals surface area contributed by atoms with Crippen molar-refractivity contribution in [3.63, 3.8) is 0 Å². The fourth-order valence-electron chi connectivity index (χ4n) is 1.60. The molecule has 4 nitrogen and oxygen atoms in total. The van der Waals surface area contributed by atoms with Gasteiger partial charge in [0.1, 0.15) is 5.78 Å². The van der Waals surface area contributed by atoms with E-state index >= 15 is 0 Å². The van der Waals surface area contributed by atoms with Crippen LogP contribution in [0.1, 0.15) is 25.7 Å². The molecule has 1 fully saturated rings. The SMILES string of the molecule is COCCOCCOC1CCC(=O)CC1. The van der Waals surface area contributed by atoms with Gasteiger partial charge in [0.05, 0.1) is 32.5 Å². The van der Waals surface area contributed by atoms with Crippen molar-refractivity contribution in [2.75, 3.05) is 33.5 Å². The number of hydrogen-bond acceptors (Lipinski definition) is 4. The van der Waals surface area contributed by atoms with E-state index in [1.807, 2.05) is 0 Å². The number of ether oxygens (including phenoxy) is 3. The maximum atomic E-state index is 11.0. The number of methoxy groups -OCH3 is 1. The lowest BCUT2D eigenvalue weighted by atomic mass is 9.97. The van der Waals surface area contributed by atoms with Crippen molar-refractivity contribution >= 4 is 5.78 Å². The molecule has 0 aromatic carbocycles. The minimum absolute atomic E-state index is 0.258. The first kappa shape index (κ1) is 12.6. The summed E-state index contributed by atoms with van der Waals surface area (Å²) < 4.78 is 15.7. The molecule has 0 N–H and O–H groups in total. The highest BCUT2D eigenvalue weighted by atomic mass is 16.5. The van der Waals surface area contributed by atoms with Crippen molar-refractivity contribution in [2.24, 2.45) is 0 Å². The summed E-state index contributed by atoms with van der Waals surface area (Å²) in [7, 11) is 1.65. The van der Waals surface area contributed by atoms with Gasteiger partial charge in [0.15, 0.2) is 0 Å². The van der Waals surface area contributed by atoms with Gasteiger partial charge in [-0.05, 0) is 12.8 Å². The Kier molecular flexibility index (Phi) is 6.55. The summed E-state index contributed by atoms with van der Waals surface area (Å²) in [6.45, 7) is 2.46. The van der Waals surface area contributed by atoms with Crippen molar-refractivity contribution in [3.05, 3.63) is 0 Å². The third-order valence-electron chi connectivity index (χ3n) is 2.50. The van der Waals surface area contributed by atoms with Crippen LogP contribution in [-0.4, -0.2) is 45.4 Å². The Balaban J connectivity index is 1.89. The molecule has 0 heterocycles. The van der Waals surface area contributed by atoms with E-state index in [9.17, 15) is 4.79 Å². The lowest BCUT2D eigenvalue weighted by Gasteiger charge is -2.21. The first-order valence-corrected chi connectivity index (χ1v) is 5.53. The number of Topliss-reactive ketones (excluding diaryl/α,β-unsaturated/α-hetero) is 1. The van der Waals surface area contributed by atoms with Crippen molar-refractivity contribution < 1.29 is 19.0 Å². The Morgan fingerprint density at radius 3 is 2.47 bits per heavy atom. The van der Waals surface area contributed by atoms with Crippen LogP contribution in [0.4, 0.5) is 0 Å². The molecule has 0 bridgehead atoms. The summed E-state index contributed by atoms with van der Waals surface area (Å²) >= 11 is 0. The number of hydrogen-bond donors (Lipinski definition) is 0. The zero-order valence-corrected chi connectivity index (χ0v) is 9.37. The zero-order chi connectivity index (χ0) is 10.9. The number of carbonyl (C=O) groups is 1. The predicted octanol–water partition coefficient (Wildman–Crippen LogP) is 1.18. The molecule has 1 rings (SSSR count). The molecule has 0 aromatic rings. The van der Waals surface area contributed by atoms with Crippen LogP contribution in [0.3, 0.4) is 0 Å². The van der Waals surface area contributed by atoms with Gasteiger partial charge >= 0.3 is 0 Å². The third-order valence-corrected chi connectivity index (χ3v) is 2.50. The second-order valence-electron chi connectivity index (χ2n) is 3.71. The van der Waals surface area contributed by atoms with Gasteiger partial charge < -0.3 is 14.2 Å². The number of carbonyl (C=O) groups excluding carboxylic acids is 1. The topological polar surface area (TPSA) is 44.8 Å². The van der Waals surface area contributed by atoms with E-state index in [1.54, 1.807) is 7.11 Å². The monoisotopic (exact) mass is 216 g/mol. The normalized spacial score (nSPS) is 18.3. The van der Waals surface area contributed by atoms with Crippen molar-refractivity contribution in [1.29, 1.82) is 0 Å². The molecular formula is C11H20O4. The van der Waals surface area contributed by atoms with Crippen molar-refractivity contribution in [3.8, 4) is 0 Å². The largest absolute Gasteiger partial charge is 0.382 e. The van der Waals surface area contributed by atoms with Crippen LogP contribution in [-0.2, 0) is 19.0 Å². The van der Waals surface area contributed by atoms with Crippen LogP contribution in [0.5, 0.6) is 0 Å². The highest BCUT2D eigenvalue weighted by Crippen LogP contribution is 2.17. The molecule has 0 spiro atoms. The van der Waals surface area contributed by atoms with Gasteiger partial charge in [0, 0.05) is 20.0 Å². The molecule has 0 unspecified atom stereocenters. The molecule has 0 amide bonds. The standard InChI is InChI=1S/C11H20O4/c1-13-6-7-14-8-9-15-11-4-2-10(12)3-5-11/h11H,2-9H2,1H3. The molecule has 1 saturated carbocycles. The first-order valence-electron chi connectivity index (χ1n) is 5.53. The lowest BCUT2D eigenvalue weighted by Crippen LogP contribution is -2.23. The zero-order valence-electron chi connectivity index (χ0n) is 9.37. The molecule has 0 atom stereocenters. The molecule has 88 valence electrons. The Morgan fingerprint density at radius 1 is 1.13 bits per heavy atom. The quantitative estimate of drug-likeness (QED) is 0.599. The Labute approximate surface area is 90.9 Å². The van der Waals surface area contributed by atoms with Gasteiger partial charge in [0.25, 0.3) is 0 Å². The van der Waals surface area contributed by atoms with E-state index in [0.29, 0.717) is 45.1 Å². The fraction of sp³-hybridized carbons (Fsp3) is 0.909. The van der Waals surface area contributed by atoms with Crippen molar-refractivity contribution in [1.82, 2.24) is 0 Å². The molecule has 0 aliphatic heterocycles. The molecule has 0 aromatic heterocycles. The van der Waals surface area contributed by atoms with Crippen LogP contribution in [0.15, 0.2) is 0 Å². The average molecular weight is 216 g/mol. The van der Waals surface area contributed by atoms with Gasteiger partial charge in [0.2, 0.25) is 0 Å². The van der Waals surface area contributed by atoms with Gasteiger partial charge in [-0.25, -0.2) is 0 Å². The summed E-state index contributed by atoms with van der Waals surface area (Å²) in [5.41, 5.74) is 0. The van der Waals surface area contributed by atoms with Crippen LogP contribution >= 0.6 is 0 Å². The van der Waals surface area contributed by atoms with E-state index < -0.39 is 0 Å². The minimum Gasteiger partial charge on any atom is -0.382 e. The van der Waals surface area contributed by atoms with Crippen LogP contribution in [0.25, 0.3) is 0 Å². The van der Waals surface area contributed by atoms with E-state index in [2.05, 4.69) is 0 Å². The molecule has 0 radical (unpaired) electrons. The molecule has 4 heteroatoms. The molecule has 0 saturated heterocycles. The number of rotatable bonds is 7. The average Bonchev–Trinajstić information content (AvgIpc) is 2.26. The highest BCUT2D eigenvalue weighted by molar-refractivity contribution is 5.79. The van der Waals surface area contributed by atoms with E-state index in [1.165, 1.54) is 0 Å². The van der Waals surface area contributed by atoms with E-state index in [0.717, 1.165) is 12.8 Å². The van der Waals surface area contributed by atoms with E-state index in [4.69, 9.17) is 14.2 Å². The maximum Gasteiger partial charge on any atom is 0.133 e. The second kappa shape index (κ2) is 7.79. The summed E-state index contributed by atoms with van der Waals surface area (Å²) in [5.74, 6) is 0.367. The summed E-state index contributed by atoms with van der Waals surface area (Å²) in [4.78, 5) is 11.0. The number of ketones is 1. The Morgan fingerprint density at radius 2 is 1.80 bits per heavy atom. The molecular weight excluding hydrogens is 196 g/mol. The maximum absolute atomic E-state index is 11.0.